The van der Waals surface area contributed by atoms with E-state index < -0.39 is 10.0 Å². The Morgan fingerprint density at radius 1 is 0.881 bits per heavy atom. The first-order chi connectivity index (χ1) is 20.2. The maximum Gasteiger partial charge on any atom is 0.267 e. The largest absolute Gasteiger partial charge is 0.496 e. The van der Waals surface area contributed by atoms with Gasteiger partial charge in [0.1, 0.15) is 10.6 Å². The lowest BCUT2D eigenvalue weighted by molar-refractivity contribution is 0.412. The van der Waals surface area contributed by atoms with Gasteiger partial charge in [-0.25, -0.2) is 8.42 Å². The van der Waals surface area contributed by atoms with Crippen LogP contribution in [0.2, 0.25) is 10.0 Å². The number of halogens is 2. The fraction of sp³-hybridized carbons (Fsp3) is 0.182. The molecule has 1 heterocycles. The Labute approximate surface area is 256 Å². The number of ether oxygens (including phenoxy) is 1. The van der Waals surface area contributed by atoms with E-state index in [1.807, 2.05) is 78.6 Å². The van der Waals surface area contributed by atoms with Gasteiger partial charge in [-0.2, -0.15) is 5.10 Å². The van der Waals surface area contributed by atoms with Gasteiger partial charge >= 0.3 is 0 Å². The second kappa shape index (κ2) is 11.5. The molecule has 1 saturated carbocycles. The van der Waals surface area contributed by atoms with E-state index in [9.17, 15) is 8.42 Å². The molecule has 0 aliphatic heterocycles. The Morgan fingerprint density at radius 2 is 1.55 bits per heavy atom. The van der Waals surface area contributed by atoms with Gasteiger partial charge in [-0.15, -0.1) is 0 Å². The number of anilines is 1. The molecule has 0 saturated heterocycles. The average molecular weight is 619 g/mol. The van der Waals surface area contributed by atoms with Gasteiger partial charge in [0.05, 0.1) is 41.6 Å². The average Bonchev–Trinajstić information content (AvgIpc) is 3.72. The summed E-state index contributed by atoms with van der Waals surface area (Å²) in [7, 11) is -2.50. The molecule has 0 bridgehead atoms. The van der Waals surface area contributed by atoms with Crippen LogP contribution in [0, 0.1) is 6.92 Å². The van der Waals surface area contributed by atoms with Crippen LogP contribution in [0.25, 0.3) is 22.3 Å². The van der Waals surface area contributed by atoms with Crippen LogP contribution >= 0.6 is 23.2 Å². The first-order valence-electron chi connectivity index (χ1n) is 13.6. The molecular weight excluding hydrogens is 589 g/mol. The quantitative estimate of drug-likeness (QED) is 0.166. The van der Waals surface area contributed by atoms with Crippen molar-refractivity contribution < 1.29 is 13.2 Å². The number of methoxy groups -OCH3 is 1. The van der Waals surface area contributed by atoms with Crippen molar-refractivity contribution in [2.45, 2.75) is 37.2 Å². The molecule has 4 aromatic carbocycles. The van der Waals surface area contributed by atoms with Gasteiger partial charge in [-0.1, -0.05) is 71.7 Å². The number of benzene rings is 4. The number of nitrogens with zero attached hydrogens (tertiary/aromatic N) is 3. The number of sulfonamides is 1. The molecule has 0 N–H and O–H groups in total. The van der Waals surface area contributed by atoms with Gasteiger partial charge in [0.15, 0.2) is 0 Å². The highest BCUT2D eigenvalue weighted by Gasteiger charge is 2.30. The Morgan fingerprint density at radius 3 is 2.21 bits per heavy atom. The summed E-state index contributed by atoms with van der Waals surface area (Å²) in [4.78, 5) is -0.120. The van der Waals surface area contributed by atoms with Crippen LogP contribution in [0.15, 0.2) is 102 Å². The number of aromatic nitrogens is 2. The lowest BCUT2D eigenvalue weighted by Gasteiger charge is -2.26. The summed E-state index contributed by atoms with van der Waals surface area (Å²) < 4.78 is 37.2. The summed E-state index contributed by atoms with van der Waals surface area (Å²) in [5, 5.41) is 4.65. The minimum Gasteiger partial charge on any atom is -0.496 e. The third-order valence-electron chi connectivity index (χ3n) is 7.47. The molecule has 6 rings (SSSR count). The summed E-state index contributed by atoms with van der Waals surface area (Å²) >= 11 is 12.9. The molecule has 9 heteroatoms. The molecule has 1 aliphatic rings. The number of hydrogen-bond donors (Lipinski definition) is 0. The standard InChI is InChI=1S/C33H29Cl2N3O3S/c1-22-17-26(13-16-32(22)41-2)24-11-9-23(10-12-24)20-38(42(39,40)33-30(34)7-4-8-31(33)35)29-6-3-5-25(18-29)27-19-36-37(21-27)28-14-15-28/h3-13,16-19,21,28H,14-15,20H2,1-2H3. The van der Waals surface area contributed by atoms with Crippen LogP contribution in [-0.2, 0) is 16.6 Å². The fourth-order valence-electron chi connectivity index (χ4n) is 5.05. The Kier molecular flexibility index (Phi) is 7.75. The molecule has 1 aliphatic carbocycles. The first kappa shape index (κ1) is 28.3. The Bertz CT molecular complexity index is 1850. The van der Waals surface area contributed by atoms with Crippen LogP contribution in [0.5, 0.6) is 5.75 Å². The summed E-state index contributed by atoms with van der Waals surface area (Å²) in [6.07, 6.45) is 6.09. The SMILES string of the molecule is COc1ccc(-c2ccc(CN(c3cccc(-c4cnn(C5CC5)c4)c3)S(=O)(=O)c3c(Cl)cccc3Cl)cc2)cc1C. The van der Waals surface area contributed by atoms with Crippen molar-refractivity contribution in [1.82, 2.24) is 9.78 Å². The fourth-order valence-corrected chi connectivity index (χ4v) is 7.59. The van der Waals surface area contributed by atoms with Crippen molar-refractivity contribution in [2.24, 2.45) is 0 Å². The third kappa shape index (κ3) is 5.64. The smallest absolute Gasteiger partial charge is 0.267 e. The van der Waals surface area contributed by atoms with E-state index in [0.717, 1.165) is 52.0 Å². The van der Waals surface area contributed by atoms with Gasteiger partial charge in [0.2, 0.25) is 0 Å². The highest BCUT2D eigenvalue weighted by molar-refractivity contribution is 7.93. The molecule has 1 fully saturated rings. The lowest BCUT2D eigenvalue weighted by atomic mass is 10.0. The van der Waals surface area contributed by atoms with E-state index >= 15 is 0 Å². The van der Waals surface area contributed by atoms with E-state index in [4.69, 9.17) is 27.9 Å². The highest BCUT2D eigenvalue weighted by atomic mass is 35.5. The normalized spacial score (nSPS) is 13.2. The Hall–Kier alpha value is -3.78. The summed E-state index contributed by atoms with van der Waals surface area (Å²) in [5.41, 5.74) is 6.20. The minimum absolute atomic E-state index is 0.0691. The van der Waals surface area contributed by atoms with Crippen LogP contribution in [0.1, 0.15) is 30.0 Å². The number of rotatable bonds is 9. The third-order valence-corrected chi connectivity index (χ3v) is 10.2. The van der Waals surface area contributed by atoms with Crippen LogP contribution in [0.3, 0.4) is 0 Å². The van der Waals surface area contributed by atoms with Crippen LogP contribution < -0.4 is 9.04 Å². The molecule has 0 radical (unpaired) electrons. The molecule has 214 valence electrons. The zero-order chi connectivity index (χ0) is 29.4. The topological polar surface area (TPSA) is 64.4 Å². The number of aryl methyl sites for hydroxylation is 1. The summed E-state index contributed by atoms with van der Waals surface area (Å²) in [5.74, 6) is 0.830. The summed E-state index contributed by atoms with van der Waals surface area (Å²) in [6, 6.07) is 26.5. The van der Waals surface area contributed by atoms with Gasteiger partial charge in [-0.05, 0) is 84.0 Å². The monoisotopic (exact) mass is 617 g/mol. The molecule has 5 aromatic rings. The molecular formula is C33H29Cl2N3O3S. The van der Waals surface area contributed by atoms with E-state index in [1.54, 1.807) is 19.2 Å². The first-order valence-corrected chi connectivity index (χ1v) is 15.8. The predicted molar refractivity (Wildman–Crippen MR) is 169 cm³/mol. The van der Waals surface area contributed by atoms with Crippen molar-refractivity contribution >= 4 is 38.9 Å². The molecule has 0 amide bonds. The van der Waals surface area contributed by atoms with Crippen LogP contribution in [0.4, 0.5) is 5.69 Å². The van der Waals surface area contributed by atoms with Crippen molar-refractivity contribution in [3.63, 3.8) is 0 Å². The van der Waals surface area contributed by atoms with Gasteiger partial charge in [-0.3, -0.25) is 8.99 Å². The molecule has 0 spiro atoms. The molecule has 1 aromatic heterocycles. The second-order valence-electron chi connectivity index (χ2n) is 10.4. The van der Waals surface area contributed by atoms with Crippen molar-refractivity contribution in [1.29, 1.82) is 0 Å². The highest BCUT2D eigenvalue weighted by Crippen LogP contribution is 2.38. The number of hydrogen-bond acceptors (Lipinski definition) is 4. The zero-order valence-corrected chi connectivity index (χ0v) is 25.5. The molecule has 0 atom stereocenters. The van der Waals surface area contributed by atoms with E-state index in [0.29, 0.717) is 11.7 Å². The van der Waals surface area contributed by atoms with E-state index in [1.165, 1.54) is 16.4 Å². The van der Waals surface area contributed by atoms with Crippen LogP contribution in [-0.4, -0.2) is 25.3 Å². The lowest BCUT2D eigenvalue weighted by Crippen LogP contribution is -2.31. The maximum atomic E-state index is 14.2. The summed E-state index contributed by atoms with van der Waals surface area (Å²) in [6.45, 7) is 2.08. The zero-order valence-electron chi connectivity index (χ0n) is 23.2. The van der Waals surface area contributed by atoms with Gasteiger partial charge in [0.25, 0.3) is 10.0 Å². The van der Waals surface area contributed by atoms with E-state index in [-0.39, 0.29) is 21.5 Å². The molecule has 42 heavy (non-hydrogen) atoms. The molecule has 6 nitrogen and oxygen atoms in total. The minimum atomic E-state index is -4.15. The maximum absolute atomic E-state index is 14.2. The second-order valence-corrected chi connectivity index (χ2v) is 13.0. The van der Waals surface area contributed by atoms with E-state index in [2.05, 4.69) is 11.2 Å². The van der Waals surface area contributed by atoms with Gasteiger partial charge in [0, 0.05) is 11.8 Å². The Balaban J connectivity index is 1.38. The van der Waals surface area contributed by atoms with Crippen molar-refractivity contribution in [3.05, 3.63) is 118 Å². The van der Waals surface area contributed by atoms with Crippen molar-refractivity contribution in [3.8, 4) is 28.0 Å². The predicted octanol–water partition coefficient (Wildman–Crippen LogP) is 8.57. The van der Waals surface area contributed by atoms with Gasteiger partial charge < -0.3 is 4.74 Å². The molecule has 0 unspecified atom stereocenters. The van der Waals surface area contributed by atoms with Crippen molar-refractivity contribution in [2.75, 3.05) is 11.4 Å².